The molecule has 18 rings (SSSR count). The van der Waals surface area contributed by atoms with Crippen LogP contribution in [0, 0.1) is 54.8 Å². The Kier molecular flexibility index (Phi) is 28.1. The highest BCUT2D eigenvalue weighted by molar-refractivity contribution is 7.21. The second-order valence-electron chi connectivity index (χ2n) is 35.5. The van der Waals surface area contributed by atoms with Gasteiger partial charge in [-0.15, -0.1) is 34.0 Å². The minimum atomic E-state index is -1.40. The van der Waals surface area contributed by atoms with Gasteiger partial charge in [0.25, 0.3) is 0 Å². The second-order valence-corrected chi connectivity index (χ2v) is 38.5. The number of ketones is 5. The minimum absolute atomic E-state index is 0.0534. The zero-order valence-electron chi connectivity index (χ0n) is 75.8. The van der Waals surface area contributed by atoms with Crippen LogP contribution in [0.4, 0.5) is 15.0 Å². The Labute approximate surface area is 775 Å². The third kappa shape index (κ3) is 18.0. The number of nitrogens with zero attached hydrogens (tertiary/aromatic N) is 7. The van der Waals surface area contributed by atoms with Crippen molar-refractivity contribution >= 4 is 113 Å². The summed E-state index contributed by atoms with van der Waals surface area (Å²) in [4.78, 5) is 170. The zero-order valence-corrected chi connectivity index (χ0v) is 78.3. The van der Waals surface area contributed by atoms with Crippen LogP contribution in [0.2, 0.25) is 0 Å². The number of thiophene rings is 3. The number of Topliss-reactive ketones (excluding diaryl/α,β-unsaturated/α-hetero) is 5. The molecule has 0 radical (unpaired) electrons. The molecule has 9 aromatic rings. The summed E-state index contributed by atoms with van der Waals surface area (Å²) in [5.74, 6) is -1.40. The second kappa shape index (κ2) is 39.5. The smallest absolute Gasteiger partial charge is 0.241 e. The van der Waals surface area contributed by atoms with Crippen molar-refractivity contribution in [3.63, 3.8) is 0 Å². The first-order valence-corrected chi connectivity index (χ1v) is 47.1. The average molecular weight is 1870 g/mol. The molecule has 6 amide bonds. The molecule has 3 spiro atoms. The van der Waals surface area contributed by atoms with Gasteiger partial charge in [-0.25, -0.2) is 15.0 Å². The largest absolute Gasteiger partial charge is 0.496 e. The lowest BCUT2D eigenvalue weighted by Crippen LogP contribution is -2.62. The van der Waals surface area contributed by atoms with Gasteiger partial charge in [-0.2, -0.15) is 0 Å². The number of ether oxygens (including phenoxy) is 9. The van der Waals surface area contributed by atoms with Gasteiger partial charge < -0.3 is 71.4 Å². The van der Waals surface area contributed by atoms with E-state index in [4.69, 9.17) is 55.9 Å². The Hall–Kier alpha value is -11.3. The third-order valence-electron chi connectivity index (χ3n) is 27.1. The molecule has 9 aliphatic rings. The number of oxazole rings is 3. The van der Waals surface area contributed by atoms with E-state index in [1.807, 2.05) is 93.6 Å². The Morgan fingerprint density at radius 1 is 0.439 bits per heavy atom. The number of rotatable bonds is 28. The number of methoxy groups -OCH3 is 3. The highest BCUT2D eigenvalue weighted by atomic mass is 32.1. The number of aromatic nitrogens is 3. The lowest BCUT2D eigenvalue weighted by molar-refractivity contribution is -0.146. The SMILES string of the molecule is COc1ccccc1[C@H](CN1C(=O)C2(CC(C(=O)N(C)C)C2)C(=O)c2c1sc(-c1ncco1)c2C)OC1CCOCC1.COc1ccccc1[C@H](CN1C(=O)C2(CC(C(=O)N[C@@H](C)C(C)=O)C2)C(=O)c2c1sc(-c1ncco1)c2C)OC1CCOCC1.COc1ccccc1[C@H](CN1C(=O)C2(CC(C(=O)N[C@H](C)C(C)=O)C2)C(=O)c2c1sc(-c1ncco1)c2C)OC1CCOCC1. The van der Waals surface area contributed by atoms with E-state index in [0.717, 1.165) is 60.8 Å². The molecule has 132 heavy (non-hydrogen) atoms. The molecule has 0 unspecified atom stereocenters. The monoisotopic (exact) mass is 1860 g/mol. The number of hydrogen-bond donors (Lipinski definition) is 2. The van der Waals surface area contributed by atoms with Gasteiger partial charge in [0.15, 0.2) is 28.9 Å². The van der Waals surface area contributed by atoms with Gasteiger partial charge >= 0.3 is 0 Å². The average Bonchev–Trinajstić information content (AvgIpc) is 1.43. The maximum atomic E-state index is 14.6. The highest BCUT2D eigenvalue weighted by Gasteiger charge is 2.66. The van der Waals surface area contributed by atoms with Gasteiger partial charge in [0.2, 0.25) is 53.1 Å². The number of hydrogen-bond acceptors (Lipinski definition) is 29. The summed E-state index contributed by atoms with van der Waals surface area (Å²) in [5, 5.41) is 7.02. The van der Waals surface area contributed by atoms with Gasteiger partial charge in [0.05, 0.1) is 121 Å². The first-order valence-electron chi connectivity index (χ1n) is 44.6. The molecular formula is C97H109N9O23S3. The summed E-state index contributed by atoms with van der Waals surface area (Å²) < 4.78 is 70.7. The van der Waals surface area contributed by atoms with Gasteiger partial charge in [0, 0.05) is 88.2 Å². The molecule has 2 N–H and O–H groups in total. The van der Waals surface area contributed by atoms with E-state index in [1.54, 1.807) is 70.2 Å². The van der Waals surface area contributed by atoms with Crippen molar-refractivity contribution in [1.29, 1.82) is 0 Å². The molecule has 6 aliphatic heterocycles. The van der Waals surface area contributed by atoms with Crippen molar-refractivity contribution in [1.82, 2.24) is 30.5 Å². The Morgan fingerprint density at radius 2 is 0.712 bits per heavy atom. The molecule has 3 saturated carbocycles. The molecule has 12 heterocycles. The van der Waals surface area contributed by atoms with E-state index in [2.05, 4.69) is 25.6 Å². The molecule has 3 aliphatic carbocycles. The summed E-state index contributed by atoms with van der Waals surface area (Å²) in [7, 11) is 8.20. The van der Waals surface area contributed by atoms with E-state index in [0.29, 0.717) is 132 Å². The van der Waals surface area contributed by atoms with Crippen molar-refractivity contribution in [3.8, 4) is 49.6 Å². The van der Waals surface area contributed by atoms with Gasteiger partial charge in [-0.1, -0.05) is 54.6 Å². The predicted octanol–water partition coefficient (Wildman–Crippen LogP) is 14.0. The quantitative estimate of drug-likeness (QED) is 0.0430. The molecule has 35 heteroatoms. The molecule has 6 aromatic heterocycles. The van der Waals surface area contributed by atoms with E-state index in [9.17, 15) is 52.7 Å². The van der Waals surface area contributed by atoms with Gasteiger partial charge in [-0.3, -0.25) is 67.4 Å². The standard InChI is InChI=1S/2C33H37N3O8S.C31H35N3O7S/c2*1-18-26-28(38)33(15-21(16-33)29(39)35-19(2)20(3)37)32(40)36(31(26)45-27(18)30-34-11-14-43-30)17-25(44-22-9-12-42-13-10-22)23-7-5-6-8-24(23)41-4;1-18-24-26(35)31(15-19(16-31)28(36)33(2)3)30(37)34(29(24)42-25(18)27-32-11-14-40-27)17-23(41-20-9-12-39-13-10-20)21-7-5-6-8-22(21)38-4/h2*5-8,11,14,19,21-22,25H,9-10,12-13,15-17H2,1-4H3,(H,35,39);5-8,11,14,19-20,23H,9-10,12-13,15-17H2,1-4H3/t19-,21?,25+,33?;19-,21?,25-,33?;19?,23-,31?/m100/s1. The van der Waals surface area contributed by atoms with E-state index >= 15 is 0 Å². The van der Waals surface area contributed by atoms with Crippen molar-refractivity contribution in [3.05, 3.63) is 160 Å². The molecule has 3 saturated heterocycles. The van der Waals surface area contributed by atoms with Crippen molar-refractivity contribution in [2.45, 2.75) is 174 Å². The number of amides is 6. The number of carbonyl (C=O) groups is 11. The van der Waals surface area contributed by atoms with Crippen LogP contribution in [0.25, 0.3) is 32.3 Å². The summed E-state index contributed by atoms with van der Waals surface area (Å²) in [6.45, 7) is 15.6. The molecule has 32 nitrogen and oxygen atoms in total. The van der Waals surface area contributed by atoms with Crippen LogP contribution < -0.4 is 39.5 Å². The van der Waals surface area contributed by atoms with Crippen LogP contribution in [-0.2, 0) is 66.8 Å². The number of carbonyl (C=O) groups excluding carboxylic acids is 11. The molecule has 3 aromatic carbocycles. The van der Waals surface area contributed by atoms with Gasteiger partial charge in [-0.05, 0) is 160 Å². The summed E-state index contributed by atoms with van der Waals surface area (Å²) in [6.07, 6.45) is 12.1. The maximum Gasteiger partial charge on any atom is 0.241 e. The predicted molar refractivity (Wildman–Crippen MR) is 486 cm³/mol. The molecular weight excluding hydrogens is 1760 g/mol. The Bertz CT molecular complexity index is 5560. The lowest BCUT2D eigenvalue weighted by atomic mass is 9.56. The number of benzene rings is 3. The van der Waals surface area contributed by atoms with Crippen molar-refractivity contribution < 1.29 is 109 Å². The normalized spacial score (nSPS) is 23.0. The number of nitrogens with one attached hydrogen (secondary N) is 2. The van der Waals surface area contributed by atoms with Crippen LogP contribution in [0.15, 0.2) is 123 Å². The van der Waals surface area contributed by atoms with Crippen molar-refractivity contribution in [2.24, 2.45) is 34.0 Å². The molecule has 5 atom stereocenters. The zero-order chi connectivity index (χ0) is 93.4. The molecule has 6 fully saturated rings. The summed E-state index contributed by atoms with van der Waals surface area (Å²) in [6, 6.07) is 21.5. The Morgan fingerprint density at radius 3 is 0.962 bits per heavy atom. The summed E-state index contributed by atoms with van der Waals surface area (Å²) >= 11 is 3.90. The van der Waals surface area contributed by atoms with E-state index in [-0.39, 0.29) is 147 Å². The summed E-state index contributed by atoms with van der Waals surface area (Å²) in [5.41, 5.74) is 1.74. The number of para-hydroxylation sites is 3. The van der Waals surface area contributed by atoms with Crippen LogP contribution in [0.3, 0.4) is 0 Å². The first kappa shape index (κ1) is 93.9. The first-order chi connectivity index (χ1) is 63.5. The molecule has 698 valence electrons. The van der Waals surface area contributed by atoms with E-state index in [1.165, 1.54) is 83.9 Å². The fraction of sp³-hybridized carbons (Fsp3) is 0.485. The minimum Gasteiger partial charge on any atom is -0.496 e. The maximum absolute atomic E-state index is 14.6. The third-order valence-corrected chi connectivity index (χ3v) is 31.0. The lowest BCUT2D eigenvalue weighted by Gasteiger charge is -2.49. The topological polar surface area (TPSA) is 386 Å². The fourth-order valence-corrected chi connectivity index (χ4v) is 23.1. The molecule has 0 bridgehead atoms. The van der Waals surface area contributed by atoms with E-state index < -0.39 is 58.5 Å². The van der Waals surface area contributed by atoms with Gasteiger partial charge in [0.1, 0.15) is 85.6 Å². The Balaban J connectivity index is 0.000000145. The number of fused-ring (bicyclic) bond motifs is 3. The van der Waals surface area contributed by atoms with Crippen LogP contribution in [-0.4, -0.2) is 209 Å². The van der Waals surface area contributed by atoms with Crippen LogP contribution >= 0.6 is 34.0 Å². The van der Waals surface area contributed by atoms with Crippen LogP contribution in [0.5, 0.6) is 17.2 Å². The van der Waals surface area contributed by atoms with Crippen molar-refractivity contribution in [2.75, 3.05) is 109 Å². The highest BCUT2D eigenvalue weighted by Crippen LogP contribution is 2.62. The fourth-order valence-electron chi connectivity index (χ4n) is 19.3. The number of anilines is 3. The van der Waals surface area contributed by atoms with Crippen LogP contribution in [0.1, 0.15) is 188 Å².